The predicted molar refractivity (Wildman–Crippen MR) is 118 cm³/mol. The minimum Gasteiger partial charge on any atom is -0.321 e. The van der Waals surface area contributed by atoms with Gasteiger partial charge in [0, 0.05) is 29.3 Å². The van der Waals surface area contributed by atoms with Crippen molar-refractivity contribution in [2.24, 2.45) is 0 Å². The second-order valence-corrected chi connectivity index (χ2v) is 8.18. The highest BCUT2D eigenvalue weighted by Gasteiger charge is 2.17. The highest BCUT2D eigenvalue weighted by Crippen LogP contribution is 2.32. The molecular formula is C23H27N3OS. The van der Waals surface area contributed by atoms with Crippen molar-refractivity contribution in [1.29, 1.82) is 0 Å². The number of benzene rings is 2. The monoisotopic (exact) mass is 393 g/mol. The van der Waals surface area contributed by atoms with Crippen LogP contribution in [0, 0.1) is 0 Å². The first-order valence-electron chi connectivity index (χ1n) is 9.54. The molecule has 0 aliphatic heterocycles. The van der Waals surface area contributed by atoms with E-state index in [4.69, 9.17) is 0 Å². The van der Waals surface area contributed by atoms with E-state index in [0.717, 1.165) is 27.7 Å². The smallest absolute Gasteiger partial charge is 0.255 e. The van der Waals surface area contributed by atoms with E-state index in [1.54, 1.807) is 18.0 Å². The number of rotatable bonds is 6. The molecule has 0 saturated heterocycles. The van der Waals surface area contributed by atoms with Gasteiger partial charge in [0.15, 0.2) is 5.16 Å². The first-order valence-corrected chi connectivity index (χ1v) is 10.8. The average molecular weight is 394 g/mol. The molecule has 0 spiro atoms. The minimum absolute atomic E-state index is 0.0948. The maximum absolute atomic E-state index is 13.1. The molecule has 0 saturated carbocycles. The lowest BCUT2D eigenvalue weighted by Crippen LogP contribution is -2.16. The SMILES string of the molecule is CSc1nccn1-c1cccc(C(=O)Nc2c(C(C)C)cccc2C(C)C)c1. The van der Waals surface area contributed by atoms with Gasteiger partial charge in [-0.05, 0) is 47.4 Å². The number of thioether (sulfide) groups is 1. The summed E-state index contributed by atoms with van der Waals surface area (Å²) in [5.41, 5.74) is 4.82. The molecule has 3 rings (SSSR count). The van der Waals surface area contributed by atoms with Crippen molar-refractivity contribution in [2.75, 3.05) is 11.6 Å². The fourth-order valence-electron chi connectivity index (χ4n) is 3.32. The molecule has 4 nitrogen and oxygen atoms in total. The van der Waals surface area contributed by atoms with Crippen molar-refractivity contribution in [3.05, 3.63) is 71.5 Å². The number of imidazole rings is 1. The van der Waals surface area contributed by atoms with Gasteiger partial charge in [-0.25, -0.2) is 4.98 Å². The van der Waals surface area contributed by atoms with Gasteiger partial charge in [0.2, 0.25) is 0 Å². The second-order valence-electron chi connectivity index (χ2n) is 7.41. The van der Waals surface area contributed by atoms with Crippen molar-refractivity contribution in [2.45, 2.75) is 44.7 Å². The van der Waals surface area contributed by atoms with Crippen molar-refractivity contribution in [3.8, 4) is 5.69 Å². The van der Waals surface area contributed by atoms with E-state index in [1.165, 1.54) is 0 Å². The number of hydrogen-bond acceptors (Lipinski definition) is 3. The Morgan fingerprint density at radius 3 is 2.29 bits per heavy atom. The number of amides is 1. The van der Waals surface area contributed by atoms with Crippen LogP contribution in [0.15, 0.2) is 60.0 Å². The molecule has 0 radical (unpaired) electrons. The third kappa shape index (κ3) is 4.14. The normalized spacial score (nSPS) is 11.2. The molecule has 146 valence electrons. The third-order valence-electron chi connectivity index (χ3n) is 4.79. The lowest BCUT2D eigenvalue weighted by Gasteiger charge is -2.20. The summed E-state index contributed by atoms with van der Waals surface area (Å²) < 4.78 is 1.99. The van der Waals surface area contributed by atoms with Gasteiger partial charge in [0.25, 0.3) is 5.91 Å². The highest BCUT2D eigenvalue weighted by atomic mass is 32.2. The Labute approximate surface area is 171 Å². The lowest BCUT2D eigenvalue weighted by atomic mass is 9.92. The Morgan fingerprint density at radius 2 is 1.68 bits per heavy atom. The standard InChI is InChI=1S/C23H27N3OS/c1-15(2)19-10-7-11-20(16(3)4)21(19)25-22(27)17-8-6-9-18(14-17)26-13-12-24-23(26)28-5/h6-16H,1-5H3,(H,25,27). The molecule has 28 heavy (non-hydrogen) atoms. The maximum atomic E-state index is 13.1. The fourth-order valence-corrected chi connectivity index (χ4v) is 3.84. The molecule has 2 aromatic carbocycles. The number of carbonyl (C=O) groups excluding carboxylic acids is 1. The van der Waals surface area contributed by atoms with Gasteiger partial charge >= 0.3 is 0 Å². The highest BCUT2D eigenvalue weighted by molar-refractivity contribution is 7.98. The van der Waals surface area contributed by atoms with E-state index in [9.17, 15) is 4.79 Å². The van der Waals surface area contributed by atoms with Crippen LogP contribution < -0.4 is 5.32 Å². The first kappa shape index (κ1) is 20.2. The van der Waals surface area contributed by atoms with Gasteiger partial charge in [0.05, 0.1) is 0 Å². The van der Waals surface area contributed by atoms with Crippen LogP contribution in [0.2, 0.25) is 0 Å². The lowest BCUT2D eigenvalue weighted by molar-refractivity contribution is 0.102. The van der Waals surface area contributed by atoms with Gasteiger partial charge in [-0.15, -0.1) is 0 Å². The van der Waals surface area contributed by atoms with Crippen molar-refractivity contribution in [1.82, 2.24) is 9.55 Å². The number of nitrogens with one attached hydrogen (secondary N) is 1. The molecule has 0 aliphatic rings. The van der Waals surface area contributed by atoms with Crippen LogP contribution in [0.3, 0.4) is 0 Å². The molecule has 1 heterocycles. The van der Waals surface area contributed by atoms with Crippen LogP contribution in [0.5, 0.6) is 0 Å². The molecule has 3 aromatic rings. The van der Waals surface area contributed by atoms with Gasteiger partial charge in [0.1, 0.15) is 0 Å². The van der Waals surface area contributed by atoms with Gasteiger partial charge in [-0.1, -0.05) is 63.7 Å². The minimum atomic E-state index is -0.0948. The molecule has 0 bridgehead atoms. The van der Waals surface area contributed by atoms with Crippen molar-refractivity contribution < 1.29 is 4.79 Å². The number of hydrogen-bond donors (Lipinski definition) is 1. The quantitative estimate of drug-likeness (QED) is 0.515. The maximum Gasteiger partial charge on any atom is 0.255 e. The zero-order valence-corrected chi connectivity index (χ0v) is 17.9. The number of carbonyl (C=O) groups is 1. The molecule has 1 aromatic heterocycles. The zero-order chi connectivity index (χ0) is 20.3. The molecule has 0 aliphatic carbocycles. The van der Waals surface area contributed by atoms with E-state index in [0.29, 0.717) is 17.4 Å². The first-order chi connectivity index (χ1) is 13.4. The van der Waals surface area contributed by atoms with Crippen LogP contribution in [-0.2, 0) is 0 Å². The summed E-state index contributed by atoms with van der Waals surface area (Å²) in [7, 11) is 0. The molecule has 0 unspecified atom stereocenters. The summed E-state index contributed by atoms with van der Waals surface area (Å²) in [6, 6.07) is 13.9. The van der Waals surface area contributed by atoms with E-state index < -0.39 is 0 Å². The predicted octanol–water partition coefficient (Wildman–Crippen LogP) is 6.09. The summed E-state index contributed by atoms with van der Waals surface area (Å²) in [5, 5.41) is 4.08. The molecule has 1 N–H and O–H groups in total. The van der Waals surface area contributed by atoms with E-state index in [1.807, 2.05) is 41.3 Å². The largest absolute Gasteiger partial charge is 0.321 e. The molecule has 1 amide bonds. The van der Waals surface area contributed by atoms with E-state index >= 15 is 0 Å². The van der Waals surface area contributed by atoms with Gasteiger partial charge < -0.3 is 5.32 Å². The summed E-state index contributed by atoms with van der Waals surface area (Å²) >= 11 is 1.58. The van der Waals surface area contributed by atoms with E-state index in [2.05, 4.69) is 56.2 Å². The number of nitrogens with zero attached hydrogens (tertiary/aromatic N) is 2. The van der Waals surface area contributed by atoms with Crippen LogP contribution >= 0.6 is 11.8 Å². The summed E-state index contributed by atoms with van der Waals surface area (Å²) in [4.78, 5) is 17.4. The van der Waals surface area contributed by atoms with Crippen LogP contribution in [0.25, 0.3) is 5.69 Å². The Balaban J connectivity index is 1.96. The van der Waals surface area contributed by atoms with Crippen LogP contribution in [0.4, 0.5) is 5.69 Å². The van der Waals surface area contributed by atoms with Crippen molar-refractivity contribution >= 4 is 23.4 Å². The number of anilines is 1. The Bertz CT molecular complexity index is 949. The number of aromatic nitrogens is 2. The topological polar surface area (TPSA) is 46.9 Å². The summed E-state index contributed by atoms with van der Waals surface area (Å²) in [5.74, 6) is 0.563. The summed E-state index contributed by atoms with van der Waals surface area (Å²) in [6.45, 7) is 8.61. The fraction of sp³-hybridized carbons (Fsp3) is 0.304. The molecule has 5 heteroatoms. The second kappa shape index (κ2) is 8.65. The van der Waals surface area contributed by atoms with E-state index in [-0.39, 0.29) is 5.91 Å². The van der Waals surface area contributed by atoms with Crippen molar-refractivity contribution in [3.63, 3.8) is 0 Å². The van der Waals surface area contributed by atoms with Gasteiger partial charge in [-0.3, -0.25) is 9.36 Å². The Kier molecular flexibility index (Phi) is 6.25. The Hall–Kier alpha value is -2.53. The van der Waals surface area contributed by atoms with Crippen LogP contribution in [-0.4, -0.2) is 21.7 Å². The Morgan fingerprint density at radius 1 is 1.04 bits per heavy atom. The number of para-hydroxylation sites is 1. The zero-order valence-electron chi connectivity index (χ0n) is 17.1. The van der Waals surface area contributed by atoms with Gasteiger partial charge in [-0.2, -0.15) is 0 Å². The molecule has 0 atom stereocenters. The summed E-state index contributed by atoms with van der Waals surface area (Å²) in [6.07, 6.45) is 5.67. The third-order valence-corrected chi connectivity index (χ3v) is 5.45. The average Bonchev–Trinajstić information content (AvgIpc) is 3.16. The molecule has 0 fully saturated rings. The van der Waals surface area contributed by atoms with Crippen LogP contribution in [0.1, 0.15) is 61.0 Å². The molecular weight excluding hydrogens is 366 g/mol.